The molecule has 3 nitrogen and oxygen atoms in total. The fraction of sp³-hybridized carbons (Fsp3) is 0.588. The molecule has 0 radical (unpaired) electrons. The number of carbonyl (C=O) groups is 1. The molecule has 0 fully saturated rings. The van der Waals surface area contributed by atoms with Gasteiger partial charge in [0.15, 0.2) is 0 Å². The Morgan fingerprint density at radius 2 is 1.85 bits per heavy atom. The van der Waals surface area contributed by atoms with Crippen LogP contribution in [0.2, 0.25) is 0 Å². The number of esters is 1. The first-order chi connectivity index (χ1) is 9.69. The Balaban J connectivity index is 2.29. The van der Waals surface area contributed by atoms with Crippen molar-refractivity contribution in [3.8, 4) is 0 Å². The van der Waals surface area contributed by atoms with E-state index < -0.39 is 0 Å². The van der Waals surface area contributed by atoms with E-state index in [9.17, 15) is 4.79 Å². The van der Waals surface area contributed by atoms with Gasteiger partial charge in [0.2, 0.25) is 0 Å². The summed E-state index contributed by atoms with van der Waals surface area (Å²) in [7, 11) is 1.87. The van der Waals surface area contributed by atoms with Crippen LogP contribution in [0.5, 0.6) is 0 Å². The summed E-state index contributed by atoms with van der Waals surface area (Å²) in [6, 6.07) is 5.68. The first-order valence-corrected chi connectivity index (χ1v) is 7.64. The Morgan fingerprint density at radius 1 is 1.15 bits per heavy atom. The van der Waals surface area contributed by atoms with E-state index in [1.165, 1.54) is 25.7 Å². The van der Waals surface area contributed by atoms with Crippen molar-refractivity contribution in [2.24, 2.45) is 0 Å². The standard InChI is InChI=1S/C17H27NO2/c1-4-5-6-7-8-9-12-20-17(19)16-11-10-15(18-3)13-14(16)2/h10-11,13,18H,4-9,12H2,1-3H3. The van der Waals surface area contributed by atoms with E-state index in [0.717, 1.165) is 24.1 Å². The summed E-state index contributed by atoms with van der Waals surface area (Å²) in [6.45, 7) is 4.67. The van der Waals surface area contributed by atoms with Crippen LogP contribution in [-0.2, 0) is 4.74 Å². The van der Waals surface area contributed by atoms with Crippen molar-refractivity contribution >= 4 is 11.7 Å². The van der Waals surface area contributed by atoms with Crippen LogP contribution in [0.3, 0.4) is 0 Å². The molecule has 0 saturated heterocycles. The van der Waals surface area contributed by atoms with Crippen molar-refractivity contribution in [2.75, 3.05) is 19.0 Å². The van der Waals surface area contributed by atoms with Crippen LogP contribution in [0.4, 0.5) is 5.69 Å². The van der Waals surface area contributed by atoms with Gasteiger partial charge in [0, 0.05) is 12.7 Å². The summed E-state index contributed by atoms with van der Waals surface area (Å²) < 4.78 is 5.33. The van der Waals surface area contributed by atoms with Crippen molar-refractivity contribution in [3.63, 3.8) is 0 Å². The number of benzene rings is 1. The maximum absolute atomic E-state index is 12.0. The van der Waals surface area contributed by atoms with E-state index >= 15 is 0 Å². The van der Waals surface area contributed by atoms with Gasteiger partial charge in [0.1, 0.15) is 0 Å². The van der Waals surface area contributed by atoms with Gasteiger partial charge in [-0.3, -0.25) is 0 Å². The minimum atomic E-state index is -0.210. The van der Waals surface area contributed by atoms with E-state index in [2.05, 4.69) is 12.2 Å². The molecule has 0 aliphatic carbocycles. The Hall–Kier alpha value is -1.51. The van der Waals surface area contributed by atoms with Crippen molar-refractivity contribution in [2.45, 2.75) is 52.4 Å². The second kappa shape index (κ2) is 9.40. The van der Waals surface area contributed by atoms with Gasteiger partial charge in [-0.25, -0.2) is 4.79 Å². The molecule has 1 aromatic rings. The molecule has 0 aliphatic heterocycles. The molecule has 0 aromatic heterocycles. The Morgan fingerprint density at radius 3 is 2.50 bits per heavy atom. The minimum Gasteiger partial charge on any atom is -0.462 e. The lowest BCUT2D eigenvalue weighted by Crippen LogP contribution is -2.08. The summed E-state index contributed by atoms with van der Waals surface area (Å²) in [4.78, 5) is 12.0. The third kappa shape index (κ3) is 5.64. The van der Waals surface area contributed by atoms with Crippen LogP contribution in [-0.4, -0.2) is 19.6 Å². The largest absolute Gasteiger partial charge is 0.462 e. The second-order valence-electron chi connectivity index (χ2n) is 5.18. The predicted molar refractivity (Wildman–Crippen MR) is 84.4 cm³/mol. The lowest BCUT2D eigenvalue weighted by molar-refractivity contribution is 0.0497. The highest BCUT2D eigenvalue weighted by Crippen LogP contribution is 2.16. The molecule has 0 aliphatic rings. The Bertz CT molecular complexity index is 415. The third-order valence-corrected chi connectivity index (χ3v) is 3.47. The zero-order valence-corrected chi connectivity index (χ0v) is 13.0. The normalized spacial score (nSPS) is 10.3. The highest BCUT2D eigenvalue weighted by atomic mass is 16.5. The fourth-order valence-corrected chi connectivity index (χ4v) is 2.17. The number of carbonyl (C=O) groups excluding carboxylic acids is 1. The van der Waals surface area contributed by atoms with Gasteiger partial charge >= 0.3 is 5.97 Å². The van der Waals surface area contributed by atoms with Crippen LogP contribution in [0.1, 0.15) is 61.4 Å². The predicted octanol–water partition coefficient (Wildman–Crippen LogP) is 4.55. The molecule has 1 aromatic carbocycles. The quantitative estimate of drug-likeness (QED) is 0.531. The van der Waals surface area contributed by atoms with E-state index in [1.807, 2.05) is 32.2 Å². The second-order valence-corrected chi connectivity index (χ2v) is 5.18. The number of ether oxygens (including phenoxy) is 1. The SMILES string of the molecule is CCCCCCCCOC(=O)c1ccc(NC)cc1C. The molecule has 0 unspecified atom stereocenters. The van der Waals surface area contributed by atoms with Crippen LogP contribution < -0.4 is 5.32 Å². The van der Waals surface area contributed by atoms with Crippen molar-refractivity contribution < 1.29 is 9.53 Å². The molecule has 0 bridgehead atoms. The number of hydrogen-bond acceptors (Lipinski definition) is 3. The zero-order chi connectivity index (χ0) is 14.8. The van der Waals surface area contributed by atoms with Gasteiger partial charge < -0.3 is 10.1 Å². The molecule has 3 heteroatoms. The molecule has 0 heterocycles. The lowest BCUT2D eigenvalue weighted by atomic mass is 10.1. The lowest BCUT2D eigenvalue weighted by Gasteiger charge is -2.09. The summed E-state index contributed by atoms with van der Waals surface area (Å²) in [5.74, 6) is -0.210. The average Bonchev–Trinajstić information content (AvgIpc) is 2.45. The number of hydrogen-bond donors (Lipinski definition) is 1. The smallest absolute Gasteiger partial charge is 0.338 e. The van der Waals surface area contributed by atoms with Gasteiger partial charge in [-0.1, -0.05) is 39.0 Å². The number of anilines is 1. The van der Waals surface area contributed by atoms with Crippen molar-refractivity contribution in [1.29, 1.82) is 0 Å². The fourth-order valence-electron chi connectivity index (χ4n) is 2.17. The number of nitrogens with one attached hydrogen (secondary N) is 1. The van der Waals surface area contributed by atoms with Crippen LogP contribution in [0, 0.1) is 6.92 Å². The Labute approximate surface area is 122 Å². The van der Waals surface area contributed by atoms with Crippen LogP contribution in [0.25, 0.3) is 0 Å². The first-order valence-electron chi connectivity index (χ1n) is 7.64. The van der Waals surface area contributed by atoms with E-state index in [4.69, 9.17) is 4.74 Å². The maximum atomic E-state index is 12.0. The Kier molecular flexibility index (Phi) is 7.78. The minimum absolute atomic E-state index is 0.210. The van der Waals surface area contributed by atoms with Gasteiger partial charge in [-0.2, -0.15) is 0 Å². The average molecular weight is 277 g/mol. The molecule has 0 saturated carbocycles. The molecule has 20 heavy (non-hydrogen) atoms. The van der Waals surface area contributed by atoms with Gasteiger partial charge in [0.25, 0.3) is 0 Å². The molecule has 1 rings (SSSR count). The van der Waals surface area contributed by atoms with E-state index in [-0.39, 0.29) is 5.97 Å². The number of unbranched alkanes of at least 4 members (excludes halogenated alkanes) is 5. The van der Waals surface area contributed by atoms with Crippen LogP contribution >= 0.6 is 0 Å². The van der Waals surface area contributed by atoms with E-state index in [0.29, 0.717) is 12.2 Å². The van der Waals surface area contributed by atoms with Gasteiger partial charge in [-0.05, 0) is 37.1 Å². The molecule has 1 N–H and O–H groups in total. The first kappa shape index (κ1) is 16.5. The molecule has 0 amide bonds. The van der Waals surface area contributed by atoms with Gasteiger partial charge in [-0.15, -0.1) is 0 Å². The highest BCUT2D eigenvalue weighted by molar-refractivity contribution is 5.91. The van der Waals surface area contributed by atoms with Crippen molar-refractivity contribution in [3.05, 3.63) is 29.3 Å². The molecular weight excluding hydrogens is 250 g/mol. The monoisotopic (exact) mass is 277 g/mol. The summed E-state index contributed by atoms with van der Waals surface area (Å²) in [5.41, 5.74) is 2.62. The number of aryl methyl sites for hydroxylation is 1. The maximum Gasteiger partial charge on any atom is 0.338 e. The number of rotatable bonds is 9. The van der Waals surface area contributed by atoms with Gasteiger partial charge in [0.05, 0.1) is 12.2 Å². The van der Waals surface area contributed by atoms with Crippen LogP contribution in [0.15, 0.2) is 18.2 Å². The summed E-state index contributed by atoms with van der Waals surface area (Å²) in [6.07, 6.45) is 7.19. The topological polar surface area (TPSA) is 38.3 Å². The van der Waals surface area contributed by atoms with Crippen molar-refractivity contribution in [1.82, 2.24) is 0 Å². The third-order valence-electron chi connectivity index (χ3n) is 3.47. The van der Waals surface area contributed by atoms with E-state index in [1.54, 1.807) is 0 Å². The summed E-state index contributed by atoms with van der Waals surface area (Å²) in [5, 5.41) is 3.06. The zero-order valence-electron chi connectivity index (χ0n) is 13.0. The molecule has 112 valence electrons. The molecular formula is C17H27NO2. The summed E-state index contributed by atoms with van der Waals surface area (Å²) >= 11 is 0. The molecule has 0 atom stereocenters. The highest BCUT2D eigenvalue weighted by Gasteiger charge is 2.10. The molecule has 0 spiro atoms.